The van der Waals surface area contributed by atoms with E-state index in [1.165, 1.54) is 0 Å². The van der Waals surface area contributed by atoms with Crippen molar-refractivity contribution in [2.24, 2.45) is 0 Å². The summed E-state index contributed by atoms with van der Waals surface area (Å²) >= 11 is 0. The maximum absolute atomic E-state index is 8.55. The van der Waals surface area contributed by atoms with Crippen LogP contribution in [0.25, 0.3) is 0 Å². The van der Waals surface area contributed by atoms with Gasteiger partial charge in [-0.3, -0.25) is 0 Å². The Balaban J connectivity index is -0.0000000457. The molecule has 0 saturated carbocycles. The summed E-state index contributed by atoms with van der Waals surface area (Å²) in [5.41, 5.74) is 0. The van der Waals surface area contributed by atoms with Crippen molar-refractivity contribution in [3.8, 4) is 0 Å². The van der Waals surface area contributed by atoms with Crippen LogP contribution in [-0.4, -0.2) is 0 Å². The van der Waals surface area contributed by atoms with Gasteiger partial charge >= 0.3 is 21.7 Å². The van der Waals surface area contributed by atoms with Crippen molar-refractivity contribution >= 4 is 15.6 Å². The van der Waals surface area contributed by atoms with E-state index in [1.54, 1.807) is 0 Å². The van der Waals surface area contributed by atoms with Gasteiger partial charge in [-0.05, 0) is 0 Å². The third kappa shape index (κ3) is 1330. The first-order chi connectivity index (χ1) is 4.00. The zero-order chi connectivity index (χ0) is 9.00. The molecule has 0 aromatic heterocycles. The van der Waals surface area contributed by atoms with Gasteiger partial charge in [-0.15, -0.1) is 0 Å². The molecule has 12 heavy (non-hydrogen) atoms. The molecule has 0 rings (SSSR count). The summed E-state index contributed by atoms with van der Waals surface area (Å²) < 4.78 is 17.1. The Bertz CT molecular complexity index is 125. The minimum Gasteiger partial charge on any atom is -0.873 e. The van der Waals surface area contributed by atoms with E-state index in [4.69, 9.17) is 38.5 Å². The van der Waals surface area contributed by atoms with Crippen molar-refractivity contribution in [2.45, 2.75) is 0 Å². The second-order valence-electron chi connectivity index (χ2n) is 0.894. The van der Waals surface area contributed by atoms with Gasteiger partial charge in [0.1, 0.15) is 0 Å². The Hall–Kier alpha value is 0.894. The van der Waals surface area contributed by atoms with Crippen molar-refractivity contribution < 1.29 is 65.7 Å². The van der Waals surface area contributed by atoms with Crippen LogP contribution in [0.2, 0.25) is 0 Å². The van der Waals surface area contributed by atoms with Crippen molar-refractivity contribution in [3.63, 3.8) is 0 Å². The van der Waals surface area contributed by atoms with Gasteiger partial charge in [-0.25, -0.2) is 0 Å². The smallest absolute Gasteiger partial charge is 0.873 e. The van der Waals surface area contributed by atoms with Gasteiger partial charge < -0.3 is 44.0 Å². The fourth-order valence-electron chi connectivity index (χ4n) is 0. The number of hydrogen-bond donors (Lipinski definition) is 0. The topological polar surface area (TPSA) is 207 Å². The zero-order valence-corrected chi connectivity index (χ0v) is 8.72. The fraction of sp³-hybridized carbons (Fsp3) is 0. The van der Waals surface area contributed by atoms with Crippen molar-refractivity contribution in [2.75, 3.05) is 0 Å². The summed E-state index contributed by atoms with van der Waals surface area (Å²) in [6.45, 7) is 0. The molecule has 0 heterocycles. The third-order valence-corrected chi connectivity index (χ3v) is 0. The second kappa shape index (κ2) is 8.49. The van der Waals surface area contributed by atoms with Gasteiger partial charge in [-0.2, -0.15) is 15.6 Å². The molecule has 4 N–H and O–H groups in total. The minimum absolute atomic E-state index is 0. The Kier molecular flexibility index (Phi) is 16.3. The van der Waals surface area contributed by atoms with Gasteiger partial charge in [0.05, 0.1) is 0 Å². The minimum atomic E-state index is -5.39. The van der Waals surface area contributed by atoms with Gasteiger partial charge in [0.2, 0.25) is 0 Å². The van der Waals surface area contributed by atoms with Gasteiger partial charge in [0.25, 0.3) is 0 Å². The van der Waals surface area contributed by atoms with E-state index < -0.39 is 15.6 Å². The maximum atomic E-state index is 8.55. The second-order valence-corrected chi connectivity index (χ2v) is 2.68. The number of phosphoric acid groups is 2. The molecule has 0 atom stereocenters. The van der Waals surface area contributed by atoms with Crippen molar-refractivity contribution in [3.05, 3.63) is 0 Å². The molecule has 0 aliphatic carbocycles. The van der Waals surface area contributed by atoms with Gasteiger partial charge in [0, 0.05) is 0 Å². The molecule has 0 amide bonds. The van der Waals surface area contributed by atoms with E-state index in [9.17, 15) is 0 Å². The van der Waals surface area contributed by atoms with E-state index in [-0.39, 0.29) is 27.2 Å². The van der Waals surface area contributed by atoms with E-state index in [1.807, 2.05) is 0 Å². The van der Waals surface area contributed by atoms with Crippen LogP contribution >= 0.6 is 15.6 Å². The third-order valence-electron chi connectivity index (χ3n) is 0. The number of hydrogen-bond acceptors (Lipinski definition) is 8. The molecular weight excluding hydrogens is 254 g/mol. The Morgan fingerprint density at radius 2 is 0.667 bits per heavy atom. The van der Waals surface area contributed by atoms with Crippen molar-refractivity contribution in [1.82, 2.24) is 0 Å². The zero-order valence-electron chi connectivity index (χ0n) is 5.37. The Morgan fingerprint density at radius 1 is 0.667 bits per heavy atom. The molecule has 0 unspecified atom stereocenters. The van der Waals surface area contributed by atoms with Gasteiger partial charge in [0.15, 0.2) is 0 Å². The monoisotopic (exact) mass is 258 g/mol. The predicted molar refractivity (Wildman–Crippen MR) is 21.5 cm³/mol. The average molecular weight is 258 g/mol. The van der Waals surface area contributed by atoms with E-state index in [0.29, 0.717) is 0 Å². The molecule has 0 spiro atoms. The Morgan fingerprint density at radius 3 is 0.667 bits per heavy atom. The van der Waals surface area contributed by atoms with E-state index in [0.717, 1.165) is 0 Å². The summed E-state index contributed by atoms with van der Waals surface area (Å²) in [5, 5.41) is 0. The fourth-order valence-corrected chi connectivity index (χ4v) is 0. The maximum Gasteiger partial charge on any atom is 4.00 e. The molecule has 9 nitrogen and oxygen atoms in total. The molecule has 72 valence electrons. The molecular formula is H4O9P2Ti. The standard InChI is InChI=1S/2H3O4P.H4O.Ti/c2*1-5(2,3)4;;/h2*(H3,1,2,3,4);1H4;/q;;+2;+4/p-6. The van der Waals surface area contributed by atoms with Crippen LogP contribution in [0.15, 0.2) is 0 Å². The van der Waals surface area contributed by atoms with E-state index in [2.05, 4.69) is 0 Å². The van der Waals surface area contributed by atoms with Crippen LogP contribution in [0.3, 0.4) is 0 Å². The summed E-state index contributed by atoms with van der Waals surface area (Å²) in [6, 6.07) is 0. The first kappa shape index (κ1) is 23.1. The summed E-state index contributed by atoms with van der Waals surface area (Å²) in [4.78, 5) is 51.3. The van der Waals surface area contributed by atoms with Crippen molar-refractivity contribution in [1.29, 1.82) is 0 Å². The van der Waals surface area contributed by atoms with Crippen LogP contribution in [0.5, 0.6) is 0 Å². The molecule has 0 fully saturated rings. The van der Waals surface area contributed by atoms with Gasteiger partial charge in [-0.1, -0.05) is 0 Å². The molecule has 0 aliphatic heterocycles. The van der Waals surface area contributed by atoms with Crippen LogP contribution in [0.4, 0.5) is 0 Å². The summed E-state index contributed by atoms with van der Waals surface area (Å²) in [5.74, 6) is 0. The van der Waals surface area contributed by atoms with Crippen LogP contribution in [0, 0.1) is 0 Å². The largest absolute Gasteiger partial charge is 4.00 e. The quantitative estimate of drug-likeness (QED) is 0.300. The molecule has 0 bridgehead atoms. The van der Waals surface area contributed by atoms with Crippen LogP contribution in [-0.2, 0) is 36.3 Å². The first-order valence-electron chi connectivity index (χ1n) is 1.46. The van der Waals surface area contributed by atoms with Crippen LogP contribution in [0.1, 0.15) is 0 Å². The molecule has 0 aliphatic rings. The molecule has 0 saturated heterocycles. The molecule has 0 aromatic rings. The average Bonchev–Trinajstić information content (AvgIpc) is 1.12. The number of rotatable bonds is 0. The summed E-state index contributed by atoms with van der Waals surface area (Å²) in [6.07, 6.45) is 0. The Labute approximate surface area is 81.7 Å². The van der Waals surface area contributed by atoms with Crippen LogP contribution < -0.4 is 29.4 Å². The normalized spacial score (nSPS) is 9.83. The first-order valence-corrected chi connectivity index (χ1v) is 4.38. The predicted octanol–water partition coefficient (Wildman–Crippen LogP) is -6.84. The van der Waals surface area contributed by atoms with E-state index >= 15 is 0 Å². The molecule has 0 aromatic carbocycles. The summed E-state index contributed by atoms with van der Waals surface area (Å²) in [7, 11) is -10.8. The molecule has 12 heteroatoms. The SMILES string of the molecule is O=P([O-])([O-])[O-].O=P([O-])([O-])[O-].[OH4+2].[Ti+4]. The molecule has 0 radical (unpaired) electrons.